The smallest absolute Gasteiger partial charge is 0.234 e. The van der Waals surface area contributed by atoms with Gasteiger partial charge in [0.25, 0.3) is 0 Å². The van der Waals surface area contributed by atoms with Crippen molar-refractivity contribution in [2.45, 2.75) is 44.6 Å². The standard InChI is InChI=1S/C12H20N2O/c1-2-9-13-10-12(15)14-11-7-5-3-4-6-8-11/h1,11,13H,3-10H2,(H,14,15). The van der Waals surface area contributed by atoms with Gasteiger partial charge in [-0.25, -0.2) is 0 Å². The van der Waals surface area contributed by atoms with E-state index >= 15 is 0 Å². The molecule has 3 heteroatoms. The molecule has 1 aliphatic rings. The normalized spacial score (nSPS) is 17.8. The number of nitrogens with one attached hydrogen (secondary N) is 2. The van der Waals surface area contributed by atoms with E-state index < -0.39 is 0 Å². The molecule has 0 heterocycles. The SMILES string of the molecule is C#CCNCC(=O)NC1CCCCCC1. The highest BCUT2D eigenvalue weighted by atomic mass is 16.1. The maximum absolute atomic E-state index is 11.5. The molecule has 15 heavy (non-hydrogen) atoms. The van der Waals surface area contributed by atoms with Gasteiger partial charge in [-0.3, -0.25) is 10.1 Å². The molecule has 1 amide bonds. The highest BCUT2D eigenvalue weighted by molar-refractivity contribution is 5.78. The minimum Gasteiger partial charge on any atom is -0.352 e. The summed E-state index contributed by atoms with van der Waals surface area (Å²) in [7, 11) is 0. The van der Waals surface area contributed by atoms with E-state index in [2.05, 4.69) is 16.6 Å². The summed E-state index contributed by atoms with van der Waals surface area (Å²) < 4.78 is 0. The van der Waals surface area contributed by atoms with Crippen molar-refractivity contribution in [3.8, 4) is 12.3 Å². The predicted octanol–water partition coefficient (Wildman–Crippen LogP) is 1.05. The molecule has 0 aromatic carbocycles. The molecule has 1 aliphatic carbocycles. The molecule has 0 aliphatic heterocycles. The van der Waals surface area contributed by atoms with Crippen molar-refractivity contribution in [3.05, 3.63) is 0 Å². The predicted molar refractivity (Wildman–Crippen MR) is 61.3 cm³/mol. The van der Waals surface area contributed by atoms with Crippen LogP contribution in [0.1, 0.15) is 38.5 Å². The molecule has 2 N–H and O–H groups in total. The van der Waals surface area contributed by atoms with Gasteiger partial charge in [0.1, 0.15) is 0 Å². The highest BCUT2D eigenvalue weighted by Crippen LogP contribution is 2.16. The van der Waals surface area contributed by atoms with Gasteiger partial charge in [-0.1, -0.05) is 31.6 Å². The van der Waals surface area contributed by atoms with Crippen molar-refractivity contribution in [1.82, 2.24) is 10.6 Å². The van der Waals surface area contributed by atoms with E-state index in [0.717, 1.165) is 12.8 Å². The summed E-state index contributed by atoms with van der Waals surface area (Å²) >= 11 is 0. The first-order valence-corrected chi connectivity index (χ1v) is 5.76. The van der Waals surface area contributed by atoms with E-state index in [1.165, 1.54) is 25.7 Å². The Morgan fingerprint density at radius 2 is 1.93 bits per heavy atom. The Balaban J connectivity index is 2.15. The molecule has 1 saturated carbocycles. The summed E-state index contributed by atoms with van der Waals surface area (Å²) in [4.78, 5) is 11.5. The lowest BCUT2D eigenvalue weighted by molar-refractivity contribution is -0.121. The Morgan fingerprint density at radius 3 is 2.53 bits per heavy atom. The average molecular weight is 208 g/mol. The Hall–Kier alpha value is -1.01. The lowest BCUT2D eigenvalue weighted by Crippen LogP contribution is -2.40. The van der Waals surface area contributed by atoms with Gasteiger partial charge in [-0.05, 0) is 12.8 Å². The van der Waals surface area contributed by atoms with Crippen LogP contribution in [0.3, 0.4) is 0 Å². The summed E-state index contributed by atoms with van der Waals surface area (Å²) in [5.41, 5.74) is 0. The van der Waals surface area contributed by atoms with Gasteiger partial charge in [0.05, 0.1) is 13.1 Å². The first kappa shape index (κ1) is 12.1. The van der Waals surface area contributed by atoms with E-state index in [4.69, 9.17) is 6.42 Å². The zero-order valence-corrected chi connectivity index (χ0v) is 9.22. The van der Waals surface area contributed by atoms with Crippen LogP contribution in [-0.4, -0.2) is 25.0 Å². The van der Waals surface area contributed by atoms with E-state index in [-0.39, 0.29) is 5.91 Å². The van der Waals surface area contributed by atoms with Crippen LogP contribution in [0.5, 0.6) is 0 Å². The molecule has 0 saturated heterocycles. The van der Waals surface area contributed by atoms with Gasteiger partial charge in [0.15, 0.2) is 0 Å². The topological polar surface area (TPSA) is 41.1 Å². The third kappa shape index (κ3) is 5.44. The molecule has 1 rings (SSSR count). The van der Waals surface area contributed by atoms with E-state index in [0.29, 0.717) is 19.1 Å². The van der Waals surface area contributed by atoms with Crippen molar-refractivity contribution >= 4 is 5.91 Å². The van der Waals surface area contributed by atoms with Crippen LogP contribution in [0.15, 0.2) is 0 Å². The molecule has 84 valence electrons. The third-order valence-corrected chi connectivity index (χ3v) is 2.73. The maximum atomic E-state index is 11.5. The molecule has 0 aromatic heterocycles. The second kappa shape index (κ2) is 7.30. The molecule has 3 nitrogen and oxygen atoms in total. The van der Waals surface area contributed by atoms with Gasteiger partial charge in [-0.2, -0.15) is 0 Å². The number of carbonyl (C=O) groups is 1. The largest absolute Gasteiger partial charge is 0.352 e. The van der Waals surface area contributed by atoms with Gasteiger partial charge in [0.2, 0.25) is 5.91 Å². The van der Waals surface area contributed by atoms with Crippen molar-refractivity contribution in [3.63, 3.8) is 0 Å². The van der Waals surface area contributed by atoms with Crippen LogP contribution in [-0.2, 0) is 4.79 Å². The summed E-state index contributed by atoms with van der Waals surface area (Å²) in [5, 5.41) is 5.94. The van der Waals surface area contributed by atoms with Gasteiger partial charge >= 0.3 is 0 Å². The molecule has 1 fully saturated rings. The average Bonchev–Trinajstić information content (AvgIpc) is 2.47. The Bertz CT molecular complexity index is 224. The molecule has 0 unspecified atom stereocenters. The summed E-state index contributed by atoms with van der Waals surface area (Å²) in [6.07, 6.45) is 12.4. The van der Waals surface area contributed by atoms with Crippen molar-refractivity contribution in [1.29, 1.82) is 0 Å². The molecular formula is C12H20N2O. The number of amides is 1. The zero-order valence-electron chi connectivity index (χ0n) is 9.22. The molecule has 0 bridgehead atoms. The van der Waals surface area contributed by atoms with Gasteiger partial charge in [-0.15, -0.1) is 6.42 Å². The van der Waals surface area contributed by atoms with E-state index in [1.807, 2.05) is 0 Å². The Kier molecular flexibility index (Phi) is 5.87. The minimum absolute atomic E-state index is 0.0668. The van der Waals surface area contributed by atoms with Crippen LogP contribution in [0, 0.1) is 12.3 Å². The fourth-order valence-electron chi connectivity index (χ4n) is 1.95. The van der Waals surface area contributed by atoms with Crippen LogP contribution in [0.2, 0.25) is 0 Å². The van der Waals surface area contributed by atoms with Crippen LogP contribution in [0.25, 0.3) is 0 Å². The van der Waals surface area contributed by atoms with Crippen molar-refractivity contribution < 1.29 is 4.79 Å². The zero-order chi connectivity index (χ0) is 10.9. The summed E-state index contributed by atoms with van der Waals surface area (Å²) in [5.74, 6) is 2.51. The lowest BCUT2D eigenvalue weighted by Gasteiger charge is -2.15. The van der Waals surface area contributed by atoms with Crippen LogP contribution >= 0.6 is 0 Å². The highest BCUT2D eigenvalue weighted by Gasteiger charge is 2.13. The number of carbonyl (C=O) groups excluding carboxylic acids is 1. The fourth-order valence-corrected chi connectivity index (χ4v) is 1.95. The van der Waals surface area contributed by atoms with Gasteiger partial charge in [0, 0.05) is 6.04 Å². The number of rotatable bonds is 4. The quantitative estimate of drug-likeness (QED) is 0.412. The number of hydrogen-bond acceptors (Lipinski definition) is 2. The monoisotopic (exact) mass is 208 g/mol. The molecule has 0 radical (unpaired) electrons. The van der Waals surface area contributed by atoms with Crippen LogP contribution < -0.4 is 10.6 Å². The van der Waals surface area contributed by atoms with Crippen molar-refractivity contribution in [2.24, 2.45) is 0 Å². The fraction of sp³-hybridized carbons (Fsp3) is 0.750. The Labute approximate surface area is 92.0 Å². The number of hydrogen-bond donors (Lipinski definition) is 2. The van der Waals surface area contributed by atoms with Crippen LogP contribution in [0.4, 0.5) is 0 Å². The van der Waals surface area contributed by atoms with Gasteiger partial charge < -0.3 is 5.32 Å². The molecular weight excluding hydrogens is 188 g/mol. The first-order chi connectivity index (χ1) is 7.33. The summed E-state index contributed by atoms with van der Waals surface area (Å²) in [6, 6.07) is 0.382. The number of terminal acetylenes is 1. The minimum atomic E-state index is 0.0668. The molecule has 0 aromatic rings. The second-order valence-electron chi connectivity index (χ2n) is 4.06. The Morgan fingerprint density at radius 1 is 1.27 bits per heavy atom. The first-order valence-electron chi connectivity index (χ1n) is 5.76. The van der Waals surface area contributed by atoms with Crippen molar-refractivity contribution in [2.75, 3.05) is 13.1 Å². The molecule has 0 atom stereocenters. The third-order valence-electron chi connectivity index (χ3n) is 2.73. The maximum Gasteiger partial charge on any atom is 0.234 e. The van der Waals surface area contributed by atoms with E-state index in [9.17, 15) is 4.79 Å². The molecule has 0 spiro atoms. The van der Waals surface area contributed by atoms with E-state index in [1.54, 1.807) is 0 Å². The lowest BCUT2D eigenvalue weighted by atomic mass is 10.1. The second-order valence-corrected chi connectivity index (χ2v) is 4.06. The summed E-state index contributed by atoms with van der Waals surface area (Å²) in [6.45, 7) is 0.790.